The molecule has 3 N–H and O–H groups in total. The van der Waals surface area contributed by atoms with Crippen LogP contribution in [0.15, 0.2) is 27.1 Å². The maximum atomic E-state index is 10.9. The minimum atomic E-state index is -5.35. The predicted octanol–water partition coefficient (Wildman–Crippen LogP) is -1.18. The van der Waals surface area contributed by atoms with Crippen LogP contribution in [0.5, 0.6) is 0 Å². The standard InChI is InChI=1S/C5H5NO9S3/c7-16(8,9)3-1-6-2-4(17(10,11)12)5(3)18(13,14)15/h1-2H,(H,7,8,9)(H,10,11,12)(H,13,14,15). The lowest BCUT2D eigenvalue weighted by molar-refractivity contribution is 0.454. The molecule has 1 rings (SSSR count). The molecule has 13 heteroatoms. The molecule has 18 heavy (non-hydrogen) atoms. The highest BCUT2D eigenvalue weighted by Crippen LogP contribution is 2.26. The third-order valence-corrected chi connectivity index (χ3v) is 4.59. The first kappa shape index (κ1) is 14.9. The highest BCUT2D eigenvalue weighted by Gasteiger charge is 2.32. The minimum absolute atomic E-state index is 0.299. The second-order valence-corrected chi connectivity index (χ2v) is 7.03. The van der Waals surface area contributed by atoms with Crippen molar-refractivity contribution in [1.29, 1.82) is 0 Å². The summed E-state index contributed by atoms with van der Waals surface area (Å²) in [5, 5.41) is 0. The molecule has 0 saturated carbocycles. The van der Waals surface area contributed by atoms with Gasteiger partial charge in [0.1, 0.15) is 14.7 Å². The monoisotopic (exact) mass is 319 g/mol. The van der Waals surface area contributed by atoms with Gasteiger partial charge in [-0.15, -0.1) is 0 Å². The lowest BCUT2D eigenvalue weighted by Gasteiger charge is -2.07. The fourth-order valence-corrected chi connectivity index (χ4v) is 4.05. The van der Waals surface area contributed by atoms with Crippen molar-refractivity contribution < 1.29 is 38.9 Å². The zero-order chi connectivity index (χ0) is 14.4. The van der Waals surface area contributed by atoms with Crippen molar-refractivity contribution in [2.24, 2.45) is 0 Å². The van der Waals surface area contributed by atoms with E-state index in [0.717, 1.165) is 0 Å². The average molecular weight is 319 g/mol. The van der Waals surface area contributed by atoms with Gasteiger partial charge in [0.05, 0.1) is 0 Å². The van der Waals surface area contributed by atoms with Gasteiger partial charge >= 0.3 is 0 Å². The number of aromatic nitrogens is 1. The first-order valence-electron chi connectivity index (χ1n) is 3.75. The molecule has 1 aromatic heterocycles. The SMILES string of the molecule is O=S(=O)(O)c1cncc(S(=O)(=O)O)c1S(=O)(=O)O. The van der Waals surface area contributed by atoms with E-state index in [1.165, 1.54) is 0 Å². The molecule has 1 heterocycles. The Hall–Kier alpha value is -1.12. The van der Waals surface area contributed by atoms with Crippen LogP contribution >= 0.6 is 0 Å². The third-order valence-electron chi connectivity index (χ3n) is 1.64. The van der Waals surface area contributed by atoms with Gasteiger partial charge < -0.3 is 0 Å². The van der Waals surface area contributed by atoms with Gasteiger partial charge in [0.15, 0.2) is 0 Å². The Labute approximate surface area is 102 Å². The van der Waals surface area contributed by atoms with E-state index in [-0.39, 0.29) is 0 Å². The highest BCUT2D eigenvalue weighted by atomic mass is 32.2. The van der Waals surface area contributed by atoms with Gasteiger partial charge in [-0.25, -0.2) is 0 Å². The third kappa shape index (κ3) is 3.01. The Balaban J connectivity index is 4.04. The largest absolute Gasteiger partial charge is 0.297 e. The molecular formula is C5H5NO9S3. The average Bonchev–Trinajstić information content (AvgIpc) is 2.12. The van der Waals surface area contributed by atoms with Gasteiger partial charge in [0.25, 0.3) is 30.4 Å². The summed E-state index contributed by atoms with van der Waals surface area (Å²) in [6, 6.07) is 0. The summed E-state index contributed by atoms with van der Waals surface area (Å²) in [6.45, 7) is 0. The molecule has 0 spiro atoms. The van der Waals surface area contributed by atoms with E-state index in [1.54, 1.807) is 0 Å². The van der Waals surface area contributed by atoms with Crippen LogP contribution in [0.1, 0.15) is 0 Å². The molecule has 0 amide bonds. The van der Waals surface area contributed by atoms with Crippen molar-refractivity contribution in [3.63, 3.8) is 0 Å². The first-order chi connectivity index (χ1) is 7.85. The number of pyridine rings is 1. The van der Waals surface area contributed by atoms with Crippen molar-refractivity contribution in [1.82, 2.24) is 4.98 Å². The van der Waals surface area contributed by atoms with Crippen molar-refractivity contribution in [3.8, 4) is 0 Å². The second-order valence-electron chi connectivity index (χ2n) is 2.89. The van der Waals surface area contributed by atoms with Crippen LogP contribution in [0.25, 0.3) is 0 Å². The van der Waals surface area contributed by atoms with E-state index in [4.69, 9.17) is 13.7 Å². The van der Waals surface area contributed by atoms with Crippen LogP contribution in [0.3, 0.4) is 0 Å². The van der Waals surface area contributed by atoms with Crippen LogP contribution in [-0.2, 0) is 30.4 Å². The molecular weight excluding hydrogens is 314 g/mol. The molecule has 0 saturated heterocycles. The Morgan fingerprint density at radius 2 is 1.06 bits per heavy atom. The summed E-state index contributed by atoms with van der Waals surface area (Å²) in [5.74, 6) is 0. The van der Waals surface area contributed by atoms with Crippen LogP contribution in [0.4, 0.5) is 0 Å². The topological polar surface area (TPSA) is 176 Å². The molecule has 0 atom stereocenters. The molecule has 0 aliphatic rings. The van der Waals surface area contributed by atoms with Crippen LogP contribution in [0, 0.1) is 0 Å². The fraction of sp³-hybridized carbons (Fsp3) is 0. The van der Waals surface area contributed by atoms with Gasteiger partial charge in [0.2, 0.25) is 0 Å². The van der Waals surface area contributed by atoms with Gasteiger partial charge in [-0.1, -0.05) is 0 Å². The van der Waals surface area contributed by atoms with E-state index >= 15 is 0 Å². The van der Waals surface area contributed by atoms with Gasteiger partial charge in [0, 0.05) is 12.4 Å². The number of rotatable bonds is 3. The van der Waals surface area contributed by atoms with Gasteiger partial charge in [-0.3, -0.25) is 18.6 Å². The molecule has 1 aromatic rings. The van der Waals surface area contributed by atoms with Crippen LogP contribution in [-0.4, -0.2) is 43.9 Å². The Morgan fingerprint density at radius 3 is 1.28 bits per heavy atom. The summed E-state index contributed by atoms with van der Waals surface area (Å²) in [6.07, 6.45) is 0.597. The summed E-state index contributed by atoms with van der Waals surface area (Å²) in [5.41, 5.74) is 0. The quantitative estimate of drug-likeness (QED) is 0.574. The Kier molecular flexibility index (Phi) is 3.50. The Morgan fingerprint density at radius 1 is 0.722 bits per heavy atom. The highest BCUT2D eigenvalue weighted by molar-refractivity contribution is 7.90. The smallest absolute Gasteiger partial charge is 0.282 e. The van der Waals surface area contributed by atoms with Crippen molar-refractivity contribution in [2.45, 2.75) is 14.7 Å². The summed E-state index contributed by atoms with van der Waals surface area (Å²) in [4.78, 5) is -1.58. The molecule has 0 aliphatic heterocycles. The Bertz CT molecular complexity index is 738. The van der Waals surface area contributed by atoms with Crippen molar-refractivity contribution >= 4 is 30.4 Å². The molecule has 0 aromatic carbocycles. The van der Waals surface area contributed by atoms with Crippen molar-refractivity contribution in [3.05, 3.63) is 12.4 Å². The van der Waals surface area contributed by atoms with Crippen LogP contribution < -0.4 is 0 Å². The fourth-order valence-electron chi connectivity index (χ4n) is 1.03. The molecule has 102 valence electrons. The number of nitrogens with zero attached hydrogens (tertiary/aromatic N) is 1. The van der Waals surface area contributed by atoms with E-state index in [1.807, 2.05) is 0 Å². The maximum absolute atomic E-state index is 10.9. The van der Waals surface area contributed by atoms with Gasteiger partial charge in [-0.2, -0.15) is 25.3 Å². The second kappa shape index (κ2) is 4.22. The molecule has 0 fully saturated rings. The van der Waals surface area contributed by atoms with E-state index < -0.39 is 45.0 Å². The van der Waals surface area contributed by atoms with Gasteiger partial charge in [-0.05, 0) is 0 Å². The van der Waals surface area contributed by atoms with Crippen LogP contribution in [0.2, 0.25) is 0 Å². The molecule has 0 radical (unpaired) electrons. The summed E-state index contributed by atoms with van der Waals surface area (Å²) in [7, 11) is -15.7. The van der Waals surface area contributed by atoms with Crippen molar-refractivity contribution in [2.75, 3.05) is 0 Å². The molecule has 0 bridgehead atoms. The first-order valence-corrected chi connectivity index (χ1v) is 8.07. The zero-order valence-electron chi connectivity index (χ0n) is 8.12. The zero-order valence-corrected chi connectivity index (χ0v) is 10.6. The van der Waals surface area contributed by atoms with E-state index in [2.05, 4.69) is 4.98 Å². The predicted molar refractivity (Wildman–Crippen MR) is 53.7 cm³/mol. The lowest BCUT2D eigenvalue weighted by atomic mass is 10.5. The maximum Gasteiger partial charge on any atom is 0.297 e. The summed E-state index contributed by atoms with van der Waals surface area (Å²) >= 11 is 0. The normalized spacial score (nSPS) is 13.5. The number of hydrogen-bond acceptors (Lipinski definition) is 7. The molecule has 0 aliphatic carbocycles. The molecule has 10 nitrogen and oxygen atoms in total. The lowest BCUT2D eigenvalue weighted by Crippen LogP contribution is -2.14. The molecule has 0 unspecified atom stereocenters. The van der Waals surface area contributed by atoms with E-state index in [9.17, 15) is 25.3 Å². The summed E-state index contributed by atoms with van der Waals surface area (Å²) < 4.78 is 91.4. The number of hydrogen-bond donors (Lipinski definition) is 3. The minimum Gasteiger partial charge on any atom is -0.282 e. The van der Waals surface area contributed by atoms with E-state index in [0.29, 0.717) is 12.4 Å².